The highest BCUT2D eigenvalue weighted by atomic mass is 16.3. The molecule has 0 spiro atoms. The third-order valence-corrected chi connectivity index (χ3v) is 2.53. The van der Waals surface area contributed by atoms with Crippen LogP contribution >= 0.6 is 0 Å². The lowest BCUT2D eigenvalue weighted by molar-refractivity contribution is 0.163. The van der Waals surface area contributed by atoms with E-state index >= 15 is 0 Å². The van der Waals surface area contributed by atoms with E-state index in [9.17, 15) is 5.11 Å². The van der Waals surface area contributed by atoms with Crippen molar-refractivity contribution < 1.29 is 5.11 Å². The van der Waals surface area contributed by atoms with Gasteiger partial charge in [0.1, 0.15) is 0 Å². The molecule has 0 bridgehead atoms. The molecule has 1 atom stereocenters. The van der Waals surface area contributed by atoms with Gasteiger partial charge in [-0.2, -0.15) is 0 Å². The van der Waals surface area contributed by atoms with Crippen molar-refractivity contribution in [2.75, 3.05) is 0 Å². The van der Waals surface area contributed by atoms with Gasteiger partial charge < -0.3 is 5.11 Å². The van der Waals surface area contributed by atoms with E-state index in [0.717, 1.165) is 12.8 Å². The third kappa shape index (κ3) is 9.79. The number of unbranched alkanes of at least 4 members (excludes halogenated alkanes) is 5. The van der Waals surface area contributed by atoms with Gasteiger partial charge >= 0.3 is 0 Å². The Hall–Kier alpha value is -0.300. The molecule has 0 amide bonds. The molecule has 1 heteroatoms. The summed E-state index contributed by atoms with van der Waals surface area (Å²) in [5.41, 5.74) is 0. The Bertz CT molecular complexity index is 129. The van der Waals surface area contributed by atoms with Crippen LogP contribution in [0.3, 0.4) is 0 Å². The van der Waals surface area contributed by atoms with Crippen molar-refractivity contribution in [2.24, 2.45) is 0 Å². The number of hydrogen-bond donors (Lipinski definition) is 1. The molecule has 1 nitrogen and oxygen atoms in total. The van der Waals surface area contributed by atoms with Crippen LogP contribution in [0.5, 0.6) is 0 Å². The number of aliphatic hydroxyl groups excluding tert-OH is 1. The van der Waals surface area contributed by atoms with Crippen LogP contribution in [0.4, 0.5) is 0 Å². The van der Waals surface area contributed by atoms with Gasteiger partial charge in [-0.05, 0) is 19.8 Å². The van der Waals surface area contributed by atoms with Crippen molar-refractivity contribution >= 4 is 0 Å². The van der Waals surface area contributed by atoms with Crippen LogP contribution in [-0.4, -0.2) is 11.2 Å². The summed E-state index contributed by atoms with van der Waals surface area (Å²) in [6, 6.07) is 0. The molecule has 0 aromatic carbocycles. The van der Waals surface area contributed by atoms with E-state index in [1.807, 2.05) is 19.1 Å². The number of aliphatic hydroxyl groups is 1. The van der Waals surface area contributed by atoms with E-state index < -0.39 is 0 Å². The molecule has 0 aromatic rings. The Morgan fingerprint density at radius 2 is 1.71 bits per heavy atom. The summed E-state index contributed by atoms with van der Waals surface area (Å²) in [4.78, 5) is 0. The molecule has 0 saturated heterocycles. The van der Waals surface area contributed by atoms with Crippen molar-refractivity contribution in [1.82, 2.24) is 0 Å². The van der Waals surface area contributed by atoms with E-state index in [4.69, 9.17) is 0 Å². The smallest absolute Gasteiger partial charge is 0.0574 e. The molecule has 0 aliphatic heterocycles. The van der Waals surface area contributed by atoms with Gasteiger partial charge in [0.15, 0.2) is 0 Å². The van der Waals surface area contributed by atoms with Gasteiger partial charge in [0.2, 0.25) is 0 Å². The highest BCUT2D eigenvalue weighted by Gasteiger charge is 2.00. The van der Waals surface area contributed by atoms with Crippen molar-refractivity contribution in [3.8, 4) is 0 Å². The van der Waals surface area contributed by atoms with Gasteiger partial charge in [-0.15, -0.1) is 0 Å². The zero-order valence-electron chi connectivity index (χ0n) is 9.84. The van der Waals surface area contributed by atoms with E-state index in [1.165, 1.54) is 38.5 Å². The van der Waals surface area contributed by atoms with Gasteiger partial charge in [-0.1, -0.05) is 57.6 Å². The fraction of sp³-hybridized carbons (Fsp3) is 0.846. The van der Waals surface area contributed by atoms with Crippen LogP contribution in [0.2, 0.25) is 0 Å². The van der Waals surface area contributed by atoms with Gasteiger partial charge in [-0.25, -0.2) is 0 Å². The summed E-state index contributed by atoms with van der Waals surface area (Å²) >= 11 is 0. The zero-order chi connectivity index (χ0) is 10.6. The van der Waals surface area contributed by atoms with Crippen molar-refractivity contribution in [3.63, 3.8) is 0 Å². The van der Waals surface area contributed by atoms with Gasteiger partial charge in [-0.3, -0.25) is 0 Å². The first-order chi connectivity index (χ1) is 6.81. The second kappa shape index (κ2) is 10.8. The molecule has 0 heterocycles. The minimum atomic E-state index is -0.114. The predicted molar refractivity (Wildman–Crippen MR) is 63.4 cm³/mol. The molecule has 0 aliphatic rings. The van der Waals surface area contributed by atoms with Crippen LogP contribution < -0.4 is 0 Å². The quantitative estimate of drug-likeness (QED) is 0.437. The van der Waals surface area contributed by atoms with Crippen LogP contribution in [0.25, 0.3) is 0 Å². The lowest BCUT2D eigenvalue weighted by Gasteiger charge is -2.07. The first kappa shape index (κ1) is 13.7. The minimum absolute atomic E-state index is 0.114. The maximum atomic E-state index is 9.53. The lowest BCUT2D eigenvalue weighted by Crippen LogP contribution is -2.04. The molecule has 84 valence electrons. The second-order valence-corrected chi connectivity index (χ2v) is 4.02. The minimum Gasteiger partial charge on any atom is -0.393 e. The van der Waals surface area contributed by atoms with Crippen molar-refractivity contribution in [1.29, 1.82) is 0 Å². The molecule has 0 aliphatic carbocycles. The molecule has 0 rings (SSSR count). The molecule has 0 fully saturated rings. The summed E-state index contributed by atoms with van der Waals surface area (Å²) in [5.74, 6) is 0. The number of allylic oxidation sites excluding steroid dienone is 1. The maximum Gasteiger partial charge on any atom is 0.0574 e. The summed E-state index contributed by atoms with van der Waals surface area (Å²) in [5, 5.41) is 9.53. The summed E-state index contributed by atoms with van der Waals surface area (Å²) in [6.07, 6.45) is 13.6. The Kier molecular flexibility index (Phi) is 10.5. The van der Waals surface area contributed by atoms with Crippen molar-refractivity contribution in [3.05, 3.63) is 12.2 Å². The lowest BCUT2D eigenvalue weighted by atomic mass is 10.1. The summed E-state index contributed by atoms with van der Waals surface area (Å²) in [7, 11) is 0. The van der Waals surface area contributed by atoms with Crippen LogP contribution in [-0.2, 0) is 0 Å². The molecule has 0 saturated carbocycles. The van der Waals surface area contributed by atoms with Gasteiger partial charge in [0.05, 0.1) is 6.10 Å². The largest absolute Gasteiger partial charge is 0.393 e. The fourth-order valence-corrected chi connectivity index (χ4v) is 1.57. The number of rotatable bonds is 9. The standard InChI is InChI=1S/C13H26O/c1-3-5-7-8-9-10-12-13(14)11-6-4-2/h4,6,13-14H,3,5,7-12H2,1-2H3/b6-4+/t13-/m1/s1. The average molecular weight is 198 g/mol. The summed E-state index contributed by atoms with van der Waals surface area (Å²) < 4.78 is 0. The van der Waals surface area contributed by atoms with Gasteiger partial charge in [0, 0.05) is 0 Å². The topological polar surface area (TPSA) is 20.2 Å². The SMILES string of the molecule is C/C=C/C[C@@H](O)CCCCCCCC. The van der Waals surface area contributed by atoms with Crippen LogP contribution in [0, 0.1) is 0 Å². The predicted octanol–water partition coefficient (Wildman–Crippen LogP) is 4.06. The third-order valence-electron chi connectivity index (χ3n) is 2.53. The Labute approximate surface area is 89.2 Å². The molecular formula is C13H26O. The Morgan fingerprint density at radius 1 is 1.07 bits per heavy atom. The van der Waals surface area contributed by atoms with E-state index in [0.29, 0.717) is 0 Å². The second-order valence-electron chi connectivity index (χ2n) is 4.02. The monoisotopic (exact) mass is 198 g/mol. The fourth-order valence-electron chi connectivity index (χ4n) is 1.57. The van der Waals surface area contributed by atoms with E-state index in [-0.39, 0.29) is 6.10 Å². The zero-order valence-corrected chi connectivity index (χ0v) is 9.84. The highest BCUT2D eigenvalue weighted by molar-refractivity contribution is 4.79. The molecule has 0 radical (unpaired) electrons. The van der Waals surface area contributed by atoms with E-state index in [1.54, 1.807) is 0 Å². The molecule has 1 N–H and O–H groups in total. The van der Waals surface area contributed by atoms with E-state index in [2.05, 4.69) is 6.92 Å². The van der Waals surface area contributed by atoms with Crippen LogP contribution in [0.1, 0.15) is 65.2 Å². The molecule has 0 unspecified atom stereocenters. The highest BCUT2D eigenvalue weighted by Crippen LogP contribution is 2.10. The Balaban J connectivity index is 3.10. The number of hydrogen-bond acceptors (Lipinski definition) is 1. The van der Waals surface area contributed by atoms with Gasteiger partial charge in [0.25, 0.3) is 0 Å². The maximum absolute atomic E-state index is 9.53. The molecule has 0 aromatic heterocycles. The normalized spacial score (nSPS) is 13.6. The first-order valence-corrected chi connectivity index (χ1v) is 6.10. The Morgan fingerprint density at radius 3 is 2.36 bits per heavy atom. The molecular weight excluding hydrogens is 172 g/mol. The van der Waals surface area contributed by atoms with Crippen molar-refractivity contribution in [2.45, 2.75) is 71.3 Å². The average Bonchev–Trinajstić information content (AvgIpc) is 2.20. The summed E-state index contributed by atoms with van der Waals surface area (Å²) in [6.45, 7) is 4.23. The van der Waals surface area contributed by atoms with Crippen LogP contribution in [0.15, 0.2) is 12.2 Å². The first-order valence-electron chi connectivity index (χ1n) is 6.10. The molecule has 14 heavy (non-hydrogen) atoms.